The molecule has 0 spiro atoms. The van der Waals surface area contributed by atoms with Gasteiger partial charge in [0.15, 0.2) is 0 Å². The fourth-order valence-corrected chi connectivity index (χ4v) is 3.09. The van der Waals surface area contributed by atoms with Crippen molar-refractivity contribution in [2.75, 3.05) is 13.1 Å². The number of para-hydroxylation sites is 1. The van der Waals surface area contributed by atoms with Crippen LogP contribution in [0.3, 0.4) is 0 Å². The number of hydrogen-bond donors (Lipinski definition) is 0. The zero-order chi connectivity index (χ0) is 13.2. The third kappa shape index (κ3) is 2.75. The SMILES string of the molecule is CC1CCN(Cc2cccc3cccnc23)CC1Cl. The molecule has 1 fully saturated rings. The quantitative estimate of drug-likeness (QED) is 0.777. The molecular weight excluding hydrogens is 256 g/mol. The summed E-state index contributed by atoms with van der Waals surface area (Å²) in [6, 6.07) is 10.5. The molecule has 19 heavy (non-hydrogen) atoms. The van der Waals surface area contributed by atoms with Crippen LogP contribution in [0.15, 0.2) is 36.5 Å². The van der Waals surface area contributed by atoms with Crippen LogP contribution in [-0.4, -0.2) is 28.4 Å². The van der Waals surface area contributed by atoms with E-state index in [0.717, 1.165) is 25.2 Å². The molecule has 1 aliphatic heterocycles. The molecule has 2 heterocycles. The van der Waals surface area contributed by atoms with Gasteiger partial charge in [-0.3, -0.25) is 9.88 Å². The van der Waals surface area contributed by atoms with Crippen LogP contribution in [0.2, 0.25) is 0 Å². The Hall–Kier alpha value is -1.12. The van der Waals surface area contributed by atoms with Gasteiger partial charge in [-0.1, -0.05) is 31.2 Å². The number of hydrogen-bond acceptors (Lipinski definition) is 2. The number of rotatable bonds is 2. The summed E-state index contributed by atoms with van der Waals surface area (Å²) in [6.45, 7) is 5.30. The maximum atomic E-state index is 6.39. The molecular formula is C16H19ClN2. The van der Waals surface area contributed by atoms with E-state index in [-0.39, 0.29) is 5.38 Å². The molecule has 100 valence electrons. The first-order valence-electron chi connectivity index (χ1n) is 6.93. The van der Waals surface area contributed by atoms with Crippen LogP contribution in [0.5, 0.6) is 0 Å². The molecule has 2 nitrogen and oxygen atoms in total. The standard InChI is InChI=1S/C16H19ClN2/c1-12-7-9-19(11-15(12)17)10-14-5-2-4-13-6-3-8-18-16(13)14/h2-6,8,12,15H,7,9-11H2,1H3. The van der Waals surface area contributed by atoms with E-state index in [1.807, 2.05) is 12.3 Å². The molecule has 1 saturated heterocycles. The molecule has 1 aromatic carbocycles. The Bertz CT molecular complexity index is 564. The van der Waals surface area contributed by atoms with Gasteiger partial charge in [0.2, 0.25) is 0 Å². The molecule has 0 amide bonds. The van der Waals surface area contributed by atoms with Crippen LogP contribution in [0.4, 0.5) is 0 Å². The number of pyridine rings is 1. The minimum absolute atomic E-state index is 0.275. The Morgan fingerprint density at radius 1 is 1.32 bits per heavy atom. The molecule has 0 aliphatic carbocycles. The van der Waals surface area contributed by atoms with Gasteiger partial charge in [0.05, 0.1) is 5.52 Å². The first-order valence-corrected chi connectivity index (χ1v) is 7.37. The number of likely N-dealkylation sites (tertiary alicyclic amines) is 1. The van der Waals surface area contributed by atoms with Crippen LogP contribution >= 0.6 is 11.6 Å². The summed E-state index contributed by atoms with van der Waals surface area (Å²) in [5, 5.41) is 1.49. The highest BCUT2D eigenvalue weighted by Crippen LogP contribution is 2.24. The van der Waals surface area contributed by atoms with Crippen molar-refractivity contribution in [3.05, 3.63) is 42.1 Å². The highest BCUT2D eigenvalue weighted by Gasteiger charge is 2.24. The number of benzene rings is 1. The van der Waals surface area contributed by atoms with Gasteiger partial charge in [-0.15, -0.1) is 11.6 Å². The molecule has 2 unspecified atom stereocenters. The molecule has 3 rings (SSSR count). The van der Waals surface area contributed by atoms with Crippen LogP contribution in [0.1, 0.15) is 18.9 Å². The molecule has 1 aromatic heterocycles. The zero-order valence-electron chi connectivity index (χ0n) is 11.2. The molecule has 2 atom stereocenters. The van der Waals surface area contributed by atoms with E-state index < -0.39 is 0 Å². The largest absolute Gasteiger partial charge is 0.298 e. The van der Waals surface area contributed by atoms with Crippen LogP contribution in [0, 0.1) is 5.92 Å². The first-order chi connectivity index (χ1) is 9.24. The molecule has 0 saturated carbocycles. The Morgan fingerprint density at radius 2 is 2.16 bits per heavy atom. The second kappa shape index (κ2) is 5.48. The number of alkyl halides is 1. The predicted octanol–water partition coefficient (Wildman–Crippen LogP) is 3.68. The maximum absolute atomic E-state index is 6.39. The average Bonchev–Trinajstić information content (AvgIpc) is 2.43. The number of nitrogens with zero attached hydrogens (tertiary/aromatic N) is 2. The smallest absolute Gasteiger partial charge is 0.0746 e. The first kappa shape index (κ1) is 12.9. The molecule has 0 N–H and O–H groups in total. The fraction of sp³-hybridized carbons (Fsp3) is 0.438. The van der Waals surface area contributed by atoms with Gasteiger partial charge in [0.25, 0.3) is 0 Å². The van der Waals surface area contributed by atoms with E-state index in [4.69, 9.17) is 11.6 Å². The van der Waals surface area contributed by atoms with Crippen molar-refractivity contribution in [2.24, 2.45) is 5.92 Å². The lowest BCUT2D eigenvalue weighted by molar-refractivity contribution is 0.190. The Morgan fingerprint density at radius 3 is 3.00 bits per heavy atom. The number of piperidine rings is 1. The minimum Gasteiger partial charge on any atom is -0.298 e. The lowest BCUT2D eigenvalue weighted by Gasteiger charge is -2.34. The maximum Gasteiger partial charge on any atom is 0.0746 e. The van der Waals surface area contributed by atoms with E-state index in [9.17, 15) is 0 Å². The van der Waals surface area contributed by atoms with E-state index in [1.54, 1.807) is 0 Å². The Balaban J connectivity index is 1.82. The monoisotopic (exact) mass is 274 g/mol. The second-order valence-electron chi connectivity index (χ2n) is 5.51. The Kier molecular flexibility index (Phi) is 3.72. The van der Waals surface area contributed by atoms with Crippen LogP contribution in [0.25, 0.3) is 10.9 Å². The van der Waals surface area contributed by atoms with Crippen molar-refractivity contribution in [1.29, 1.82) is 0 Å². The molecule has 0 bridgehead atoms. The van der Waals surface area contributed by atoms with E-state index in [2.05, 4.69) is 41.1 Å². The number of fused-ring (bicyclic) bond motifs is 1. The van der Waals surface area contributed by atoms with Gasteiger partial charge in [-0.05, 0) is 30.5 Å². The van der Waals surface area contributed by atoms with Crippen molar-refractivity contribution >= 4 is 22.5 Å². The van der Waals surface area contributed by atoms with Gasteiger partial charge in [0.1, 0.15) is 0 Å². The van der Waals surface area contributed by atoms with Gasteiger partial charge >= 0.3 is 0 Å². The molecule has 1 aliphatic rings. The topological polar surface area (TPSA) is 16.1 Å². The van der Waals surface area contributed by atoms with E-state index >= 15 is 0 Å². The van der Waals surface area contributed by atoms with Gasteiger partial charge < -0.3 is 0 Å². The highest BCUT2D eigenvalue weighted by atomic mass is 35.5. The normalized spacial score (nSPS) is 24.7. The van der Waals surface area contributed by atoms with E-state index in [1.165, 1.54) is 17.4 Å². The van der Waals surface area contributed by atoms with Gasteiger partial charge in [-0.2, -0.15) is 0 Å². The van der Waals surface area contributed by atoms with Crippen molar-refractivity contribution in [3.8, 4) is 0 Å². The summed E-state index contributed by atoms with van der Waals surface area (Å²) in [5.41, 5.74) is 2.42. The van der Waals surface area contributed by atoms with Crippen LogP contribution in [-0.2, 0) is 6.54 Å². The van der Waals surface area contributed by atoms with E-state index in [0.29, 0.717) is 5.92 Å². The predicted molar refractivity (Wildman–Crippen MR) is 80.4 cm³/mol. The second-order valence-corrected chi connectivity index (χ2v) is 6.07. The van der Waals surface area contributed by atoms with Crippen molar-refractivity contribution in [1.82, 2.24) is 9.88 Å². The molecule has 2 aromatic rings. The lowest BCUT2D eigenvalue weighted by Crippen LogP contribution is -2.39. The average molecular weight is 275 g/mol. The summed E-state index contributed by atoms with van der Waals surface area (Å²) < 4.78 is 0. The minimum atomic E-state index is 0.275. The summed E-state index contributed by atoms with van der Waals surface area (Å²) in [7, 11) is 0. The molecule has 3 heteroatoms. The highest BCUT2D eigenvalue weighted by molar-refractivity contribution is 6.21. The number of aromatic nitrogens is 1. The third-order valence-electron chi connectivity index (χ3n) is 4.06. The summed E-state index contributed by atoms with van der Waals surface area (Å²) >= 11 is 6.39. The van der Waals surface area contributed by atoms with Crippen molar-refractivity contribution in [2.45, 2.75) is 25.3 Å². The fourth-order valence-electron chi connectivity index (χ4n) is 2.76. The third-order valence-corrected chi connectivity index (χ3v) is 4.63. The summed E-state index contributed by atoms with van der Waals surface area (Å²) in [5.74, 6) is 0.628. The summed E-state index contributed by atoms with van der Waals surface area (Å²) in [6.07, 6.45) is 3.06. The van der Waals surface area contributed by atoms with Gasteiger partial charge in [-0.25, -0.2) is 0 Å². The zero-order valence-corrected chi connectivity index (χ0v) is 12.0. The van der Waals surface area contributed by atoms with Crippen molar-refractivity contribution < 1.29 is 0 Å². The lowest BCUT2D eigenvalue weighted by atomic mass is 9.98. The van der Waals surface area contributed by atoms with Gasteiger partial charge in [0, 0.05) is 30.0 Å². The number of halogens is 1. The Labute approximate surface area is 119 Å². The molecule has 0 radical (unpaired) electrons. The summed E-state index contributed by atoms with van der Waals surface area (Å²) in [4.78, 5) is 6.97. The van der Waals surface area contributed by atoms with Crippen molar-refractivity contribution in [3.63, 3.8) is 0 Å². The van der Waals surface area contributed by atoms with Crippen LogP contribution < -0.4 is 0 Å².